The molecule has 442 valence electrons. The molecule has 0 saturated carbocycles. The van der Waals surface area contributed by atoms with Gasteiger partial charge in [0, 0.05) is 69.1 Å². The molecular weight excluding hydrogens is 1010 g/mol. The van der Waals surface area contributed by atoms with Crippen LogP contribution in [0.1, 0.15) is 138 Å². The van der Waals surface area contributed by atoms with E-state index >= 15 is 0 Å². The number of ketones is 1. The van der Waals surface area contributed by atoms with Crippen molar-refractivity contribution < 1.29 is 77.1 Å². The van der Waals surface area contributed by atoms with Crippen molar-refractivity contribution in [3.05, 3.63) is 45.7 Å². The maximum Gasteiger partial charge on any atom is 0.343 e. The number of rotatable bonds is 19. The number of nitrogens with zero attached hydrogens (tertiary/aromatic N) is 2. The van der Waals surface area contributed by atoms with E-state index in [-0.39, 0.29) is 61.2 Å². The number of benzene rings is 1. The number of hydrogen-bond donors (Lipinski definition) is 4. The van der Waals surface area contributed by atoms with Crippen molar-refractivity contribution in [3.63, 3.8) is 0 Å². The zero-order chi connectivity index (χ0) is 58.2. The van der Waals surface area contributed by atoms with Crippen molar-refractivity contribution in [2.24, 2.45) is 23.7 Å². The minimum atomic E-state index is -2.03. The number of aliphatic hydroxyl groups is 3. The Labute approximate surface area is 461 Å². The van der Waals surface area contributed by atoms with Crippen LogP contribution >= 0.6 is 0 Å². The highest BCUT2D eigenvalue weighted by Crippen LogP contribution is 2.42. The van der Waals surface area contributed by atoms with Crippen molar-refractivity contribution in [1.82, 2.24) is 14.8 Å². The van der Waals surface area contributed by atoms with Gasteiger partial charge in [-0.3, -0.25) is 19.2 Å². The van der Waals surface area contributed by atoms with Gasteiger partial charge in [-0.15, -0.1) is 0 Å². The van der Waals surface area contributed by atoms with E-state index in [2.05, 4.69) is 5.32 Å². The molecule has 2 aromatic rings. The molecule has 3 fully saturated rings. The number of cyclic esters (lactones) is 1. The molecule has 1 aromatic heterocycles. The topological polar surface area (TPSA) is 249 Å². The first kappa shape index (κ1) is 64.9. The highest BCUT2D eigenvalue weighted by Gasteiger charge is 2.55. The number of hydrogen-bond acceptors (Lipinski definition) is 19. The van der Waals surface area contributed by atoms with E-state index in [9.17, 15) is 39.3 Å². The Morgan fingerprint density at radius 2 is 1.55 bits per heavy atom. The van der Waals surface area contributed by atoms with Gasteiger partial charge in [0.2, 0.25) is 5.43 Å². The summed E-state index contributed by atoms with van der Waals surface area (Å²) in [6.45, 7) is 22.3. The number of carbonyl (C=O) groups excluding carboxylic acids is 4. The van der Waals surface area contributed by atoms with Gasteiger partial charge in [-0.2, -0.15) is 0 Å². The van der Waals surface area contributed by atoms with Crippen LogP contribution in [0.3, 0.4) is 0 Å². The fourth-order valence-electron chi connectivity index (χ4n) is 11.9. The average Bonchev–Trinajstić information content (AvgIpc) is 3.49. The van der Waals surface area contributed by atoms with Crippen LogP contribution in [0.25, 0.3) is 10.9 Å². The zero-order valence-electron chi connectivity index (χ0n) is 49.2. The van der Waals surface area contributed by atoms with Gasteiger partial charge in [0.15, 0.2) is 18.7 Å². The Morgan fingerprint density at radius 1 is 0.885 bits per heavy atom. The van der Waals surface area contributed by atoms with Crippen LogP contribution in [-0.2, 0) is 70.0 Å². The summed E-state index contributed by atoms with van der Waals surface area (Å²) in [7, 11) is 6.74. The first-order valence-corrected chi connectivity index (χ1v) is 28.1. The van der Waals surface area contributed by atoms with Crippen molar-refractivity contribution in [2.45, 2.75) is 219 Å². The number of aliphatic hydroxyl groups excluding tert-OH is 2. The van der Waals surface area contributed by atoms with E-state index in [4.69, 9.17) is 42.6 Å². The molecule has 4 heterocycles. The highest BCUT2D eigenvalue weighted by atomic mass is 16.7. The summed E-state index contributed by atoms with van der Waals surface area (Å²) in [5.41, 5.74) is -3.20. The molecule has 20 heteroatoms. The highest BCUT2D eigenvalue weighted by molar-refractivity contribution is 5.94. The second kappa shape index (κ2) is 27.7. The van der Waals surface area contributed by atoms with E-state index in [1.165, 1.54) is 21.1 Å². The van der Waals surface area contributed by atoms with E-state index in [0.717, 1.165) is 11.1 Å². The summed E-state index contributed by atoms with van der Waals surface area (Å²) >= 11 is 0. The van der Waals surface area contributed by atoms with Gasteiger partial charge in [0.25, 0.3) is 0 Å². The number of Topliss-reactive ketones (excluding diaryl/α,β-unsaturated/α-hetero) is 1. The normalized spacial score (nSPS) is 36.5. The number of nitrogens with one attached hydrogen (secondary N) is 1. The monoisotopic (exact) mass is 1100 g/mol. The van der Waals surface area contributed by atoms with Gasteiger partial charge >= 0.3 is 17.9 Å². The number of esters is 3. The number of pyridine rings is 1. The molecule has 0 unspecified atom stereocenters. The summed E-state index contributed by atoms with van der Waals surface area (Å²) in [4.78, 5) is 70.1. The lowest BCUT2D eigenvalue weighted by Gasteiger charge is -2.50. The molecule has 20 nitrogen and oxygen atoms in total. The molecule has 0 bridgehead atoms. The summed E-state index contributed by atoms with van der Waals surface area (Å²) in [5.74, 6) is -5.94. The molecule has 0 spiro atoms. The summed E-state index contributed by atoms with van der Waals surface area (Å²) < 4.78 is 58.4. The molecule has 0 aliphatic carbocycles. The summed E-state index contributed by atoms with van der Waals surface area (Å²) in [6, 6.07) is 5.36. The average molecular weight is 1100 g/mol. The molecule has 0 radical (unpaired) electrons. The molecule has 5 rings (SSSR count). The molecular formula is C58H93N3O17. The van der Waals surface area contributed by atoms with Crippen LogP contribution in [-0.4, -0.2) is 181 Å². The third kappa shape index (κ3) is 14.8. The van der Waals surface area contributed by atoms with E-state index in [1.54, 1.807) is 61.6 Å². The van der Waals surface area contributed by atoms with Crippen LogP contribution in [0.2, 0.25) is 0 Å². The molecule has 18 atom stereocenters. The molecule has 3 aliphatic rings. The number of aryl methyl sites for hydroxylation is 2. The predicted octanol–water partition coefficient (Wildman–Crippen LogP) is 5.11. The lowest BCUT2D eigenvalue weighted by atomic mass is 9.74. The minimum Gasteiger partial charge on any atom is -0.462 e. The van der Waals surface area contributed by atoms with Crippen LogP contribution in [0, 0.1) is 23.7 Å². The number of carbonyl (C=O) groups is 4. The summed E-state index contributed by atoms with van der Waals surface area (Å²) in [6.07, 6.45) is -6.58. The van der Waals surface area contributed by atoms with Gasteiger partial charge in [0.05, 0.1) is 60.6 Å². The fourth-order valence-corrected chi connectivity index (χ4v) is 11.9. The number of ether oxygens (including phenoxy) is 9. The number of aromatic nitrogens is 1. The van der Waals surface area contributed by atoms with Crippen molar-refractivity contribution in [2.75, 3.05) is 48.0 Å². The van der Waals surface area contributed by atoms with Gasteiger partial charge < -0.3 is 72.7 Å². The molecule has 3 aliphatic heterocycles. The molecule has 3 saturated heterocycles. The predicted molar refractivity (Wildman–Crippen MR) is 291 cm³/mol. The van der Waals surface area contributed by atoms with Crippen LogP contribution in [0.4, 0.5) is 0 Å². The Bertz CT molecular complexity index is 2400. The van der Waals surface area contributed by atoms with E-state index in [0.29, 0.717) is 44.3 Å². The van der Waals surface area contributed by atoms with Crippen molar-refractivity contribution >= 4 is 34.6 Å². The van der Waals surface area contributed by atoms with E-state index < -0.39 is 114 Å². The Balaban J connectivity index is 1.34. The van der Waals surface area contributed by atoms with Crippen molar-refractivity contribution in [3.8, 4) is 0 Å². The van der Waals surface area contributed by atoms with Crippen LogP contribution < -0.4 is 10.7 Å². The second-order valence-corrected chi connectivity index (χ2v) is 22.9. The Hall–Kier alpha value is -3.93. The third-order valence-electron chi connectivity index (χ3n) is 16.8. The lowest BCUT2D eigenvalue weighted by molar-refractivity contribution is -0.320. The van der Waals surface area contributed by atoms with Gasteiger partial charge in [-0.1, -0.05) is 33.8 Å². The molecule has 78 heavy (non-hydrogen) atoms. The molecule has 1 aromatic carbocycles. The number of methoxy groups -OCH3 is 2. The lowest BCUT2D eigenvalue weighted by Crippen LogP contribution is -2.61. The maximum atomic E-state index is 14.6. The van der Waals surface area contributed by atoms with Crippen molar-refractivity contribution in [1.29, 1.82) is 0 Å². The second-order valence-electron chi connectivity index (χ2n) is 22.9. The third-order valence-corrected chi connectivity index (χ3v) is 16.8. The van der Waals surface area contributed by atoms with Gasteiger partial charge in [0.1, 0.15) is 34.8 Å². The SMILES string of the molecule is CCOC(=O)c1cn(CC)c2ccc(CCCNCCC(=O)O[C@@H]3[C@H](C)O[C@H](O[C@@H]4[C@@H](C)[C@H](O[C@@H]5O[C@H](C)C[C@H](N(C)C)[C@@H]5O)[C@](C)(OC)C[C@H](C)C(=O)[C@H](C)[C@@H](O)[C@](C)(O)[C@H](CC)OC(=O)[C@@H]4C)C[C@]3(C)OC)cc2c1=O. The minimum absolute atomic E-state index is 0.00244. The Morgan fingerprint density at radius 3 is 2.17 bits per heavy atom. The van der Waals surface area contributed by atoms with Gasteiger partial charge in [-0.05, 0) is 126 Å². The molecule has 4 N–H and O–H groups in total. The zero-order valence-corrected chi connectivity index (χ0v) is 49.2. The smallest absolute Gasteiger partial charge is 0.343 e. The van der Waals surface area contributed by atoms with E-state index in [1.807, 2.05) is 62.5 Å². The number of fused-ring (bicyclic) bond motifs is 1. The molecule has 0 amide bonds. The number of likely N-dealkylation sites (N-methyl/N-ethyl adjacent to an activating group) is 1. The summed E-state index contributed by atoms with van der Waals surface area (Å²) in [5, 5.41) is 39.1. The largest absolute Gasteiger partial charge is 0.462 e. The first-order chi connectivity index (χ1) is 36.6. The van der Waals surface area contributed by atoms with Crippen LogP contribution in [0.5, 0.6) is 0 Å². The first-order valence-electron chi connectivity index (χ1n) is 28.1. The Kier molecular flexibility index (Phi) is 23.0. The van der Waals surface area contributed by atoms with Gasteiger partial charge in [-0.25, -0.2) is 4.79 Å². The quantitative estimate of drug-likeness (QED) is 0.0810. The maximum absolute atomic E-state index is 14.6. The standard InChI is InChI=1S/C58H93N3O17/c1-17-43-58(12,69)50(66)34(6)46(63)32(4)29-56(10,70-15)51(78-55-48(65)42(60(13)14)27-33(5)73-55)35(7)49(36(8)53(67)75-43)77-45-30-57(11,71-16)52(37(9)74-45)76-44(62)24-26-59-25-20-21-38-22-23-41-39(28-38)47(64)40(31-61(41)18-2)54(68)72-19-3/h22-23,28,31-37,42-43,45,48-52,55,59,65-66,69H,17-21,24-27,29-30H2,1-16H3/t32-,33+,34-,35+,36+,37-,42-,43-,45+,48-,49+,50+,51-,52+,55-,56+,57-,58+/m0/s1. The fraction of sp³-hybridized carbons (Fsp3) is 0.776. The van der Waals surface area contributed by atoms with Crippen LogP contribution in [0.15, 0.2) is 29.2 Å².